The van der Waals surface area contributed by atoms with E-state index in [1.165, 1.54) is 22.3 Å². The second kappa shape index (κ2) is 239. The van der Waals surface area contributed by atoms with Crippen LogP contribution in [0.5, 0.6) is 0 Å². The van der Waals surface area contributed by atoms with Crippen molar-refractivity contribution in [1.29, 1.82) is 0 Å². The predicted octanol–water partition coefficient (Wildman–Crippen LogP) is 19.1. The fourth-order valence-electron chi connectivity index (χ4n) is 2.08. The molecule has 0 saturated carbocycles. The maximum Gasteiger partial charge on any atom is 3.00 e. The quantitative estimate of drug-likeness (QED) is 0.203. The zero-order chi connectivity index (χ0) is 37.8. The summed E-state index contributed by atoms with van der Waals surface area (Å²) in [6.45, 7) is 50.5. The van der Waals surface area contributed by atoms with Gasteiger partial charge >= 0.3 is 32.7 Å². The average Bonchev–Trinajstić information content (AvgIpc) is 3.49. The van der Waals surface area contributed by atoms with Gasteiger partial charge in [-0.25, -0.2) is 0 Å². The third kappa shape index (κ3) is 200. The van der Waals surface area contributed by atoms with E-state index in [0.717, 1.165) is 12.3 Å². The molecular weight excluding hydrogens is 1660 g/mol. The summed E-state index contributed by atoms with van der Waals surface area (Å²) < 4.78 is 0. The molecule has 0 aliphatic heterocycles. The smallest absolute Gasteiger partial charge is 0.358 e. The molecule has 1 aliphatic carbocycles. The molecule has 0 fully saturated rings. The Kier molecular flexibility index (Phi) is 768. The topological polar surface area (TPSA) is 3.24 Å². The Bertz CT molecular complexity index is 531. The Balaban J connectivity index is -0.00000000716. The van der Waals surface area contributed by atoms with E-state index in [9.17, 15) is 0 Å². The molecule has 1 nitrogen and oxygen atoms in total. The molecule has 3 rings (SSSR count). The fraction of sp³-hybridized carbons (Fsp3) is 0.625. The van der Waals surface area contributed by atoms with Crippen molar-refractivity contribution in [2.45, 2.75) is 180 Å². The summed E-state index contributed by atoms with van der Waals surface area (Å²) in [5, 5.41) is 0. The maximum atomic E-state index is 2.22. The summed E-state index contributed by atoms with van der Waals surface area (Å²) in [5.41, 5.74) is 5.75. The Labute approximate surface area is 702 Å². The average molecular weight is 1770 g/mol. The summed E-state index contributed by atoms with van der Waals surface area (Å²) in [6.07, 6.45) is 1.10. The fourth-order valence-corrected chi connectivity index (χ4v) is 2.08. The van der Waals surface area contributed by atoms with Gasteiger partial charge in [-0.05, 0) is 55.7 Å². The van der Waals surface area contributed by atoms with Crippen molar-refractivity contribution in [2.75, 3.05) is 21.1 Å². The third-order valence-electron chi connectivity index (χ3n) is 2.71. The molecule has 13 heteroatoms. The van der Waals surface area contributed by atoms with Gasteiger partial charge in [-0.2, -0.15) is 0 Å². The van der Waals surface area contributed by atoms with Crippen LogP contribution in [0.3, 0.4) is 0 Å². The summed E-state index contributed by atoms with van der Waals surface area (Å²) >= 11 is 0. The first-order chi connectivity index (χ1) is 20.9. The van der Waals surface area contributed by atoms with E-state index in [2.05, 4.69) is 69.3 Å². The Morgan fingerprint density at radius 2 is 0.410 bits per heavy atom. The summed E-state index contributed by atoms with van der Waals surface area (Å²) in [5.74, 6) is 0.833. The third-order valence-corrected chi connectivity index (χ3v) is 2.71. The summed E-state index contributed by atoms with van der Waals surface area (Å²) in [6, 6.07) is 17.3. The van der Waals surface area contributed by atoms with Crippen LogP contribution in [0.4, 0.5) is 0 Å². The Morgan fingerprint density at radius 3 is 0.525 bits per heavy atom. The number of hydrogen-bond acceptors (Lipinski definition) is 1. The molecule has 0 saturated heterocycles. The number of benzene rings is 2. The van der Waals surface area contributed by atoms with Crippen molar-refractivity contribution >= 4 is 0 Å². The SMILES string of the molecule is CC.CC.CC.CC.CC.CC.CC.CC.CC.CC.CC.CC(C)C.CN(C)C.[CH3-].[CH3-].[CH3-].[CH3-].[CH3-].[CH3-].[Y+3].[Y].[Y].[Y].[Y].[Y].[Y].[Y].[Y].[Y].[Y].[Y].c1ccc2c(c1)Cc1ccccc1-2. The van der Waals surface area contributed by atoms with Gasteiger partial charge in [0.15, 0.2) is 0 Å². The van der Waals surface area contributed by atoms with E-state index >= 15 is 0 Å². The van der Waals surface area contributed by atoms with Crippen molar-refractivity contribution in [1.82, 2.24) is 4.90 Å². The van der Waals surface area contributed by atoms with Crippen molar-refractivity contribution in [3.8, 4) is 11.1 Å². The zero-order valence-electron chi connectivity index (χ0n) is 49.3. The minimum absolute atomic E-state index is 0. The van der Waals surface area contributed by atoms with Crippen molar-refractivity contribution in [3.05, 3.63) is 104 Å². The normalized spacial score (nSPS) is 4.89. The molecule has 2 aromatic rings. The van der Waals surface area contributed by atoms with E-state index in [1.54, 1.807) is 0 Å². The largest absolute Gasteiger partial charge is 3.00 e. The number of hydrogen-bond donors (Lipinski definition) is 0. The standard InChI is InChI=1S/C13H10.C4H10.C3H9N.11C2H6.6CH3.12Y/c1-3-7-12-10(5-1)9-11-6-2-4-8-13(11)12;2*1-4(2)3;11*1-2;;;;;;;;;;;;;;;;;;/h1-8H,9H2;4H,1-3H3;1-3H3;11*1-2H3;6*1H3;;;;;;;;;;;;/q;;;;;;;;;;;;;;6*-1;;;;;;;;;;;;+3. The van der Waals surface area contributed by atoms with E-state index < -0.39 is 0 Å². The van der Waals surface area contributed by atoms with Gasteiger partial charge in [0, 0.05) is 360 Å². The zero-order valence-corrected chi connectivity index (χ0v) is 83.3. The minimum Gasteiger partial charge on any atom is -0.358 e. The van der Waals surface area contributed by atoms with Crippen LogP contribution in [0.25, 0.3) is 11.1 Å². The van der Waals surface area contributed by atoms with Gasteiger partial charge in [0.1, 0.15) is 0 Å². The van der Waals surface area contributed by atoms with E-state index in [1.807, 2.05) is 178 Å². The van der Waals surface area contributed by atoms with Crippen LogP contribution in [0.15, 0.2) is 48.5 Å². The van der Waals surface area contributed by atoms with E-state index in [-0.39, 0.29) is 437 Å². The van der Waals surface area contributed by atoms with Crippen molar-refractivity contribution in [3.63, 3.8) is 0 Å². The van der Waals surface area contributed by atoms with Gasteiger partial charge < -0.3 is 49.5 Å². The molecule has 0 bridgehead atoms. The van der Waals surface area contributed by atoms with Gasteiger partial charge in [-0.3, -0.25) is 0 Å². The molecule has 0 spiro atoms. The molecule has 0 N–H and O–H groups in total. The minimum atomic E-state index is 0. The van der Waals surface area contributed by atoms with Crippen LogP contribution in [0.1, 0.15) is 184 Å². The first-order valence-corrected chi connectivity index (χ1v) is 18.7. The van der Waals surface area contributed by atoms with Gasteiger partial charge in [0.25, 0.3) is 0 Å². The molecule has 2 aromatic carbocycles. The van der Waals surface area contributed by atoms with Crippen LogP contribution < -0.4 is 0 Å². The van der Waals surface area contributed by atoms with Crippen LogP contribution in [-0.2, 0) is 399 Å². The van der Waals surface area contributed by atoms with Gasteiger partial charge in [0.05, 0.1) is 0 Å². The van der Waals surface area contributed by atoms with E-state index in [0.29, 0.717) is 0 Å². The molecule has 1 aliphatic rings. The predicted molar refractivity (Wildman–Crippen MR) is 258 cm³/mol. The molecule has 349 valence electrons. The van der Waals surface area contributed by atoms with Crippen LogP contribution in [-0.4, -0.2) is 26.0 Å². The van der Waals surface area contributed by atoms with Crippen LogP contribution in [0.2, 0.25) is 0 Å². The molecule has 61 heavy (non-hydrogen) atoms. The molecule has 0 amide bonds. The first-order valence-electron chi connectivity index (χ1n) is 18.7. The second-order valence-corrected chi connectivity index (χ2v) is 6.56. The van der Waals surface area contributed by atoms with Gasteiger partial charge in [-0.15, -0.1) is 0 Å². The van der Waals surface area contributed by atoms with Crippen molar-refractivity contribution < 1.29 is 393 Å². The summed E-state index contributed by atoms with van der Waals surface area (Å²) in [7, 11) is 6.00. The van der Waals surface area contributed by atoms with Crippen LogP contribution in [0, 0.1) is 50.5 Å². The molecular formula is C48H113NY12-3. The molecule has 0 atom stereocenters. The number of fused-ring (bicyclic) bond motifs is 3. The maximum absolute atomic E-state index is 2.22. The van der Waals surface area contributed by atoms with Gasteiger partial charge in [-0.1, -0.05) is 222 Å². The molecule has 0 unspecified atom stereocenters. The van der Waals surface area contributed by atoms with Gasteiger partial charge in [0.2, 0.25) is 0 Å². The monoisotopic (exact) mass is 1770 g/mol. The number of nitrogens with zero attached hydrogens (tertiary/aromatic N) is 1. The molecule has 11 radical (unpaired) electrons. The second-order valence-electron chi connectivity index (χ2n) is 6.56. The van der Waals surface area contributed by atoms with E-state index in [4.69, 9.17) is 0 Å². The Hall–Kier alpha value is 11.6. The van der Waals surface area contributed by atoms with Crippen molar-refractivity contribution in [2.24, 2.45) is 5.92 Å². The number of rotatable bonds is 0. The van der Waals surface area contributed by atoms with Crippen LogP contribution >= 0.6 is 0 Å². The Morgan fingerprint density at radius 1 is 0.311 bits per heavy atom. The summed E-state index contributed by atoms with van der Waals surface area (Å²) in [4.78, 5) is 2.00. The first kappa shape index (κ1) is 196. The molecule has 0 heterocycles. The molecule has 0 aromatic heterocycles.